The summed E-state index contributed by atoms with van der Waals surface area (Å²) in [5.74, 6) is -0.382. The quantitative estimate of drug-likeness (QED) is 0.294. The number of amides is 1. The van der Waals surface area contributed by atoms with Crippen molar-refractivity contribution in [1.82, 2.24) is 4.57 Å². The van der Waals surface area contributed by atoms with Crippen LogP contribution in [-0.4, -0.2) is 15.4 Å². The lowest BCUT2D eigenvalue weighted by molar-refractivity contribution is -0.384. The Bertz CT molecular complexity index is 1040. The van der Waals surface area contributed by atoms with E-state index in [2.05, 4.69) is 11.6 Å². The molecule has 0 N–H and O–H groups in total. The summed E-state index contributed by atoms with van der Waals surface area (Å²) in [6.45, 7) is 4.11. The second-order valence-corrected chi connectivity index (χ2v) is 6.98. The van der Waals surface area contributed by atoms with Crippen LogP contribution in [-0.2, 0) is 11.3 Å². The van der Waals surface area contributed by atoms with Gasteiger partial charge in [0, 0.05) is 29.6 Å². The van der Waals surface area contributed by atoms with Gasteiger partial charge in [-0.3, -0.25) is 14.9 Å². The van der Waals surface area contributed by atoms with Gasteiger partial charge in [-0.05, 0) is 23.6 Å². The van der Waals surface area contributed by atoms with Crippen LogP contribution in [0.25, 0.3) is 16.3 Å². The van der Waals surface area contributed by atoms with E-state index in [4.69, 9.17) is 0 Å². The van der Waals surface area contributed by atoms with Gasteiger partial charge in [0.15, 0.2) is 4.80 Å². The molecule has 0 fully saturated rings. The first-order valence-electron chi connectivity index (χ1n) is 7.27. The number of carbonyl (C=O) groups excluding carboxylic acids is 1. The minimum absolute atomic E-state index is 0.00131. The van der Waals surface area contributed by atoms with Crippen molar-refractivity contribution in [3.63, 3.8) is 0 Å². The molecule has 2 heterocycles. The highest BCUT2D eigenvalue weighted by atomic mass is 32.1. The molecule has 2 aromatic heterocycles. The van der Waals surface area contributed by atoms with E-state index in [9.17, 15) is 14.9 Å². The number of hydrogen-bond acceptors (Lipinski definition) is 5. The number of non-ortho nitro benzene ring substituents is 1. The Morgan fingerprint density at radius 1 is 1.40 bits per heavy atom. The van der Waals surface area contributed by atoms with E-state index in [0.29, 0.717) is 16.9 Å². The smallest absolute Gasteiger partial charge is 0.272 e. The van der Waals surface area contributed by atoms with Gasteiger partial charge in [0.1, 0.15) is 0 Å². The molecule has 0 saturated heterocycles. The predicted octanol–water partition coefficient (Wildman–Crippen LogP) is 4.00. The van der Waals surface area contributed by atoms with Crippen LogP contribution in [0.5, 0.6) is 0 Å². The molecule has 0 bridgehead atoms. The molecule has 1 amide bonds. The number of thiazole rings is 1. The van der Waals surface area contributed by atoms with Gasteiger partial charge in [0.2, 0.25) is 0 Å². The lowest BCUT2D eigenvalue weighted by atomic mass is 10.3. The van der Waals surface area contributed by atoms with Crippen LogP contribution in [0.2, 0.25) is 0 Å². The van der Waals surface area contributed by atoms with Crippen LogP contribution in [0.3, 0.4) is 0 Å². The van der Waals surface area contributed by atoms with E-state index in [1.165, 1.54) is 40.9 Å². The third-order valence-electron chi connectivity index (χ3n) is 3.33. The third kappa shape index (κ3) is 3.81. The predicted molar refractivity (Wildman–Crippen MR) is 101 cm³/mol. The third-order valence-corrected chi connectivity index (χ3v) is 5.22. The number of nitro groups is 1. The van der Waals surface area contributed by atoms with Gasteiger partial charge >= 0.3 is 0 Å². The Kier molecular flexibility index (Phi) is 5.01. The molecular weight excluding hydrogens is 358 g/mol. The van der Waals surface area contributed by atoms with Crippen molar-refractivity contribution in [3.05, 3.63) is 74.2 Å². The van der Waals surface area contributed by atoms with E-state index in [0.717, 1.165) is 9.58 Å². The van der Waals surface area contributed by atoms with Gasteiger partial charge in [0.05, 0.1) is 15.1 Å². The first kappa shape index (κ1) is 17.0. The van der Waals surface area contributed by atoms with Crippen LogP contribution in [0.1, 0.15) is 4.88 Å². The molecule has 0 aliphatic rings. The van der Waals surface area contributed by atoms with Crippen molar-refractivity contribution < 1.29 is 9.72 Å². The van der Waals surface area contributed by atoms with Gasteiger partial charge < -0.3 is 4.57 Å². The van der Waals surface area contributed by atoms with E-state index in [-0.39, 0.29) is 11.6 Å². The Morgan fingerprint density at radius 3 is 2.92 bits per heavy atom. The van der Waals surface area contributed by atoms with Crippen LogP contribution >= 0.6 is 22.7 Å². The monoisotopic (exact) mass is 371 g/mol. The van der Waals surface area contributed by atoms with E-state index < -0.39 is 4.92 Å². The van der Waals surface area contributed by atoms with Crippen molar-refractivity contribution in [2.75, 3.05) is 0 Å². The summed E-state index contributed by atoms with van der Waals surface area (Å²) in [6.07, 6.45) is 4.79. The first-order valence-corrected chi connectivity index (χ1v) is 8.97. The molecule has 1 aromatic carbocycles. The number of aromatic nitrogens is 1. The van der Waals surface area contributed by atoms with Gasteiger partial charge in [-0.15, -0.1) is 17.9 Å². The number of rotatable bonds is 5. The zero-order valence-corrected chi connectivity index (χ0v) is 14.6. The van der Waals surface area contributed by atoms with Crippen molar-refractivity contribution in [2.24, 2.45) is 4.99 Å². The second-order valence-electron chi connectivity index (χ2n) is 4.99. The summed E-state index contributed by atoms with van der Waals surface area (Å²) in [4.78, 5) is 28.3. The van der Waals surface area contributed by atoms with Crippen molar-refractivity contribution >= 4 is 50.6 Å². The van der Waals surface area contributed by atoms with Crippen LogP contribution in [0, 0.1) is 10.1 Å². The largest absolute Gasteiger partial charge is 0.312 e. The number of hydrogen-bond donors (Lipinski definition) is 0. The first-order chi connectivity index (χ1) is 12.1. The lowest BCUT2D eigenvalue weighted by Crippen LogP contribution is -2.15. The fourth-order valence-corrected chi connectivity index (χ4v) is 3.88. The summed E-state index contributed by atoms with van der Waals surface area (Å²) in [7, 11) is 0. The molecule has 3 aromatic rings. The van der Waals surface area contributed by atoms with Crippen LogP contribution in [0.4, 0.5) is 5.69 Å². The Labute approximate surface area is 150 Å². The zero-order chi connectivity index (χ0) is 17.8. The summed E-state index contributed by atoms with van der Waals surface area (Å²) >= 11 is 2.84. The molecule has 3 rings (SSSR count). The van der Waals surface area contributed by atoms with Crippen LogP contribution in [0.15, 0.2) is 59.4 Å². The molecule has 0 aliphatic carbocycles. The summed E-state index contributed by atoms with van der Waals surface area (Å²) in [5, 5.41) is 12.9. The van der Waals surface area contributed by atoms with Gasteiger partial charge in [-0.1, -0.05) is 23.5 Å². The molecule has 0 radical (unpaired) electrons. The highest BCUT2D eigenvalue weighted by Crippen LogP contribution is 2.23. The minimum atomic E-state index is -0.443. The molecular formula is C17H13N3O3S2. The average Bonchev–Trinajstić information content (AvgIpc) is 3.21. The molecule has 126 valence electrons. The number of benzene rings is 1. The van der Waals surface area contributed by atoms with Gasteiger partial charge in [-0.2, -0.15) is 4.99 Å². The number of fused-ring (bicyclic) bond motifs is 1. The molecule has 0 unspecified atom stereocenters. The number of thiophene rings is 1. The highest BCUT2D eigenvalue weighted by Gasteiger charge is 2.12. The van der Waals surface area contributed by atoms with Crippen LogP contribution < -0.4 is 4.80 Å². The Balaban J connectivity index is 2.05. The summed E-state index contributed by atoms with van der Waals surface area (Å²) in [6, 6.07) is 8.41. The highest BCUT2D eigenvalue weighted by molar-refractivity contribution is 7.16. The lowest BCUT2D eigenvalue weighted by Gasteiger charge is -2.00. The SMILES string of the molecule is C=CCn1c(=NC(=O)/C=C/c2cccs2)sc2ccc([N+](=O)[O-])cc21. The number of carbonyl (C=O) groups is 1. The molecule has 25 heavy (non-hydrogen) atoms. The zero-order valence-electron chi connectivity index (χ0n) is 13.0. The molecule has 8 heteroatoms. The maximum absolute atomic E-state index is 12.1. The average molecular weight is 371 g/mol. The second kappa shape index (κ2) is 7.37. The molecule has 0 atom stereocenters. The molecule has 0 aliphatic heterocycles. The standard InChI is InChI=1S/C17H13N3O3S2/c1-2-9-19-14-11-12(20(22)23)5-7-15(14)25-17(19)18-16(21)8-6-13-4-3-10-24-13/h2-8,10-11H,1,9H2/b8-6+,18-17?. The molecule has 0 saturated carbocycles. The Morgan fingerprint density at radius 2 is 2.24 bits per heavy atom. The van der Waals surface area contributed by atoms with Crippen molar-refractivity contribution in [3.8, 4) is 0 Å². The van der Waals surface area contributed by atoms with E-state index >= 15 is 0 Å². The number of allylic oxidation sites excluding steroid dienone is 1. The van der Waals surface area contributed by atoms with Crippen molar-refractivity contribution in [1.29, 1.82) is 0 Å². The summed E-state index contributed by atoms with van der Waals surface area (Å²) in [5.41, 5.74) is 0.659. The Hall–Kier alpha value is -2.84. The number of nitrogens with zero attached hydrogens (tertiary/aromatic N) is 3. The summed E-state index contributed by atoms with van der Waals surface area (Å²) < 4.78 is 2.57. The van der Waals surface area contributed by atoms with Crippen molar-refractivity contribution in [2.45, 2.75) is 6.54 Å². The van der Waals surface area contributed by atoms with E-state index in [1.54, 1.807) is 22.8 Å². The topological polar surface area (TPSA) is 77.5 Å². The minimum Gasteiger partial charge on any atom is -0.312 e. The fraction of sp³-hybridized carbons (Fsp3) is 0.0588. The van der Waals surface area contributed by atoms with Gasteiger partial charge in [0.25, 0.3) is 11.6 Å². The maximum Gasteiger partial charge on any atom is 0.272 e. The van der Waals surface area contributed by atoms with E-state index in [1.807, 2.05) is 17.5 Å². The maximum atomic E-state index is 12.1. The number of nitro benzene ring substituents is 1. The fourth-order valence-electron chi connectivity index (χ4n) is 2.23. The molecule has 6 nitrogen and oxygen atoms in total. The normalized spacial score (nSPS) is 12.1. The molecule has 0 spiro atoms. The van der Waals surface area contributed by atoms with Gasteiger partial charge in [-0.25, -0.2) is 0 Å².